The third-order valence-corrected chi connectivity index (χ3v) is 13.0. The van der Waals surface area contributed by atoms with Gasteiger partial charge in [0.1, 0.15) is 0 Å². The van der Waals surface area contributed by atoms with Crippen molar-refractivity contribution in [3.63, 3.8) is 0 Å². The second kappa shape index (κ2) is 13.7. The van der Waals surface area contributed by atoms with E-state index in [4.69, 9.17) is 15.0 Å². The predicted molar refractivity (Wildman–Crippen MR) is 238 cm³/mol. The summed E-state index contributed by atoms with van der Waals surface area (Å²) >= 11 is 1.86. The van der Waals surface area contributed by atoms with E-state index in [2.05, 4.69) is 171 Å². The number of aryl methyl sites for hydroxylation is 2. The largest absolute Gasteiger partial charge is 0.258 e. The van der Waals surface area contributed by atoms with E-state index < -0.39 is 5.41 Å². The number of benzene rings is 7. The van der Waals surface area contributed by atoms with Gasteiger partial charge in [0.15, 0.2) is 5.82 Å². The molecular weight excluding hydrogens is 723 g/mol. The van der Waals surface area contributed by atoms with E-state index in [0.717, 1.165) is 39.5 Å². The Morgan fingerprint density at radius 1 is 0.362 bits per heavy atom. The molecule has 1 spiro atoms. The molecule has 0 fully saturated rings. The molecule has 0 bridgehead atoms. The zero-order valence-corrected chi connectivity index (χ0v) is 33.0. The van der Waals surface area contributed by atoms with Crippen LogP contribution in [0.25, 0.3) is 67.3 Å². The third-order valence-electron chi connectivity index (χ3n) is 11.8. The van der Waals surface area contributed by atoms with E-state index in [1.165, 1.54) is 65.4 Å². The average molecular weight is 760 g/mol. The van der Waals surface area contributed by atoms with Gasteiger partial charge in [0.2, 0.25) is 0 Å². The first-order chi connectivity index (χ1) is 28.5. The number of aromatic nitrogens is 3. The molecule has 3 heterocycles. The van der Waals surface area contributed by atoms with Crippen molar-refractivity contribution in [2.75, 3.05) is 0 Å². The summed E-state index contributed by atoms with van der Waals surface area (Å²) in [4.78, 5) is 17.6. The van der Waals surface area contributed by atoms with Crippen molar-refractivity contribution in [3.05, 3.63) is 222 Å². The minimum Gasteiger partial charge on any atom is -0.258 e. The molecule has 1 aliphatic carbocycles. The van der Waals surface area contributed by atoms with Gasteiger partial charge < -0.3 is 0 Å². The Morgan fingerprint density at radius 3 is 1.52 bits per heavy atom. The number of nitrogens with zero attached hydrogens (tertiary/aromatic N) is 3. The molecule has 3 nitrogen and oxygen atoms in total. The first-order valence-corrected chi connectivity index (χ1v) is 20.6. The van der Waals surface area contributed by atoms with Gasteiger partial charge in [0.05, 0.1) is 16.8 Å². The monoisotopic (exact) mass is 759 g/mol. The highest BCUT2D eigenvalue weighted by Crippen LogP contribution is 2.62. The van der Waals surface area contributed by atoms with Crippen LogP contribution in [0, 0.1) is 13.8 Å². The lowest BCUT2D eigenvalue weighted by Crippen LogP contribution is -2.32. The molecule has 2 aromatic heterocycles. The molecule has 9 aromatic rings. The van der Waals surface area contributed by atoms with Crippen LogP contribution >= 0.6 is 11.8 Å². The number of pyridine rings is 1. The van der Waals surface area contributed by atoms with Crippen LogP contribution in [0.2, 0.25) is 0 Å². The molecule has 0 saturated carbocycles. The van der Waals surface area contributed by atoms with Crippen LogP contribution in [-0.4, -0.2) is 15.0 Å². The van der Waals surface area contributed by atoms with Crippen molar-refractivity contribution in [3.8, 4) is 67.3 Å². The molecule has 1 aliphatic heterocycles. The maximum atomic E-state index is 5.27. The Bertz CT molecular complexity index is 2940. The average Bonchev–Trinajstić information content (AvgIpc) is 3.57. The number of rotatable bonds is 5. The Balaban J connectivity index is 1.12. The number of hydrogen-bond donors (Lipinski definition) is 0. The number of fused-ring (bicyclic) bond motifs is 9. The van der Waals surface area contributed by atoms with Gasteiger partial charge in [-0.2, -0.15) is 0 Å². The molecule has 0 unspecified atom stereocenters. The van der Waals surface area contributed by atoms with E-state index in [1.54, 1.807) is 0 Å². The van der Waals surface area contributed by atoms with Crippen molar-refractivity contribution < 1.29 is 0 Å². The van der Waals surface area contributed by atoms with Crippen molar-refractivity contribution in [2.24, 2.45) is 0 Å². The Labute approximate surface area is 343 Å². The number of hydrogen-bond acceptors (Lipinski definition) is 4. The minimum absolute atomic E-state index is 0.544. The standard InChI is InChI=1S/C54H37N3S/c1-34-21-28-42(35(2)55-34)37-24-22-36(23-25-37)40-26-29-51-47(31-40)54(45-19-11-9-17-43(45)44-18-10-12-20-46(44)54)48-32-41(27-30-52(48)58-51)50-33-49(38-13-5-3-6-14-38)56-53(57-50)39-15-7-4-8-16-39/h3-33H,1-2H3. The Morgan fingerprint density at radius 2 is 0.879 bits per heavy atom. The lowest BCUT2D eigenvalue weighted by Gasteiger charge is -2.40. The quantitative estimate of drug-likeness (QED) is 0.175. The molecule has 0 radical (unpaired) electrons. The van der Waals surface area contributed by atoms with E-state index >= 15 is 0 Å². The van der Waals surface area contributed by atoms with Gasteiger partial charge in [0, 0.05) is 43.4 Å². The van der Waals surface area contributed by atoms with E-state index in [9.17, 15) is 0 Å². The first-order valence-electron chi connectivity index (χ1n) is 19.8. The summed E-state index contributed by atoms with van der Waals surface area (Å²) in [5, 5.41) is 0. The Kier molecular flexibility index (Phi) is 8.09. The molecule has 0 saturated heterocycles. The summed E-state index contributed by atoms with van der Waals surface area (Å²) < 4.78 is 0. The topological polar surface area (TPSA) is 38.7 Å². The smallest absolute Gasteiger partial charge is 0.160 e. The molecule has 7 aromatic carbocycles. The van der Waals surface area contributed by atoms with Crippen LogP contribution in [0.3, 0.4) is 0 Å². The van der Waals surface area contributed by atoms with Gasteiger partial charge in [-0.1, -0.05) is 163 Å². The highest BCUT2D eigenvalue weighted by molar-refractivity contribution is 7.99. The normalized spacial score (nSPS) is 13.1. The second-order valence-electron chi connectivity index (χ2n) is 15.2. The fraction of sp³-hybridized carbons (Fsp3) is 0.0556. The summed E-state index contributed by atoms with van der Waals surface area (Å²) in [6.45, 7) is 4.13. The minimum atomic E-state index is -0.544. The molecule has 0 N–H and O–H groups in total. The van der Waals surface area contributed by atoms with Crippen LogP contribution in [0.5, 0.6) is 0 Å². The van der Waals surface area contributed by atoms with Crippen molar-refractivity contribution in [1.82, 2.24) is 15.0 Å². The zero-order chi connectivity index (χ0) is 38.8. The molecule has 0 atom stereocenters. The van der Waals surface area contributed by atoms with Crippen molar-refractivity contribution in [1.29, 1.82) is 0 Å². The SMILES string of the molecule is Cc1ccc(-c2ccc(-c3ccc4c(c3)C3(c5cc(-c6cc(-c7ccccc7)nc(-c7ccccc7)n6)ccc5S4)c4ccccc4-c4ccccc43)cc2)c(C)n1. The molecule has 58 heavy (non-hydrogen) atoms. The summed E-state index contributed by atoms with van der Waals surface area (Å²) in [7, 11) is 0. The van der Waals surface area contributed by atoms with Crippen LogP contribution < -0.4 is 0 Å². The van der Waals surface area contributed by atoms with E-state index in [-0.39, 0.29) is 0 Å². The highest BCUT2D eigenvalue weighted by atomic mass is 32.2. The van der Waals surface area contributed by atoms with Crippen molar-refractivity contribution in [2.45, 2.75) is 29.1 Å². The molecule has 0 amide bonds. The van der Waals surface area contributed by atoms with Crippen LogP contribution in [-0.2, 0) is 5.41 Å². The van der Waals surface area contributed by atoms with E-state index in [0.29, 0.717) is 5.82 Å². The van der Waals surface area contributed by atoms with Gasteiger partial charge in [-0.15, -0.1) is 0 Å². The predicted octanol–water partition coefficient (Wildman–Crippen LogP) is 13.7. The maximum Gasteiger partial charge on any atom is 0.160 e. The van der Waals surface area contributed by atoms with Crippen LogP contribution in [0.15, 0.2) is 198 Å². The maximum absolute atomic E-state index is 5.27. The molecule has 11 rings (SSSR count). The lowest BCUT2D eigenvalue weighted by atomic mass is 9.66. The van der Waals surface area contributed by atoms with Crippen LogP contribution in [0.4, 0.5) is 0 Å². The summed E-state index contributed by atoms with van der Waals surface area (Å²) in [6, 6.07) is 68.2. The molecule has 274 valence electrons. The van der Waals surface area contributed by atoms with Crippen molar-refractivity contribution >= 4 is 11.8 Å². The fourth-order valence-corrected chi connectivity index (χ4v) is 10.3. The van der Waals surface area contributed by atoms with Crippen LogP contribution in [0.1, 0.15) is 33.6 Å². The first kappa shape index (κ1) is 34.4. The molecular formula is C54H37N3S. The molecule has 4 heteroatoms. The highest BCUT2D eigenvalue weighted by Gasteiger charge is 2.50. The van der Waals surface area contributed by atoms with Gasteiger partial charge in [0.25, 0.3) is 0 Å². The van der Waals surface area contributed by atoms with Gasteiger partial charge in [-0.25, -0.2) is 9.97 Å². The van der Waals surface area contributed by atoms with Gasteiger partial charge >= 0.3 is 0 Å². The summed E-state index contributed by atoms with van der Waals surface area (Å²) in [5.41, 5.74) is 18.9. The summed E-state index contributed by atoms with van der Waals surface area (Å²) in [5.74, 6) is 0.713. The third kappa shape index (κ3) is 5.48. The summed E-state index contributed by atoms with van der Waals surface area (Å²) in [6.07, 6.45) is 0. The Hall–Kier alpha value is -6.88. The lowest BCUT2D eigenvalue weighted by molar-refractivity contribution is 0.723. The fourth-order valence-electron chi connectivity index (χ4n) is 9.14. The molecule has 2 aliphatic rings. The second-order valence-corrected chi connectivity index (χ2v) is 16.3. The van der Waals surface area contributed by atoms with E-state index in [1.807, 2.05) is 43.0 Å². The van der Waals surface area contributed by atoms with Gasteiger partial charge in [-0.3, -0.25) is 4.98 Å². The van der Waals surface area contributed by atoms with Gasteiger partial charge in [-0.05, 0) is 100 Å². The zero-order valence-electron chi connectivity index (χ0n) is 32.1.